The van der Waals surface area contributed by atoms with Gasteiger partial charge in [-0.15, -0.1) is 0 Å². The number of nitrogens with zero attached hydrogens (tertiary/aromatic N) is 1. The Labute approximate surface area is 97.3 Å². The van der Waals surface area contributed by atoms with Gasteiger partial charge in [-0.3, -0.25) is 5.10 Å². The second-order valence-corrected chi connectivity index (χ2v) is 4.45. The maximum Gasteiger partial charge on any atom is 0.125 e. The van der Waals surface area contributed by atoms with Gasteiger partial charge in [0.15, 0.2) is 0 Å². The Balaban J connectivity index is 2.14. The van der Waals surface area contributed by atoms with Crippen molar-refractivity contribution in [3.8, 4) is 17.1 Å². The van der Waals surface area contributed by atoms with Gasteiger partial charge in [-0.25, -0.2) is 0 Å². The summed E-state index contributed by atoms with van der Waals surface area (Å²) < 4.78 is 0. The van der Waals surface area contributed by atoms with Gasteiger partial charge >= 0.3 is 0 Å². The van der Waals surface area contributed by atoms with Gasteiger partial charge in [0.2, 0.25) is 0 Å². The average molecular weight is 225 g/mol. The van der Waals surface area contributed by atoms with Gasteiger partial charge in [0.1, 0.15) is 5.75 Å². The molecule has 0 radical (unpaired) electrons. The Morgan fingerprint density at radius 2 is 2.12 bits per heavy atom. The molecule has 0 saturated carbocycles. The number of hydrogen-bond acceptors (Lipinski definition) is 2. The topological polar surface area (TPSA) is 64.7 Å². The number of phenolic OH excluding ortho intramolecular Hbond substituents is 1. The van der Waals surface area contributed by atoms with Crippen molar-refractivity contribution in [2.45, 2.75) is 12.8 Å². The minimum Gasteiger partial charge on any atom is -0.507 e. The molecule has 0 bridgehead atoms. The fourth-order valence-electron chi connectivity index (χ4n) is 2.74. The molecule has 17 heavy (non-hydrogen) atoms. The predicted octanol–water partition coefficient (Wildman–Crippen LogP) is 2.36. The second-order valence-electron chi connectivity index (χ2n) is 4.45. The first-order valence-electron chi connectivity index (χ1n) is 5.70. The van der Waals surface area contributed by atoms with Crippen LogP contribution in [-0.2, 0) is 12.8 Å². The van der Waals surface area contributed by atoms with E-state index < -0.39 is 0 Å². The molecule has 3 aromatic rings. The molecule has 4 heteroatoms. The standard InChI is InChI=1S/C13H11N3O/c17-10-3-1-2-9-11(10)8-5-4-7-6-14-16-12(7)13(8)15-9/h1-3,6,15,17H,4-5H2,(H,14,16). The third-order valence-corrected chi connectivity index (χ3v) is 3.52. The molecule has 1 aliphatic carbocycles. The highest BCUT2D eigenvalue weighted by molar-refractivity contribution is 5.95. The number of aromatic nitrogens is 3. The number of aromatic amines is 2. The molecular weight excluding hydrogens is 214 g/mol. The first-order valence-corrected chi connectivity index (χ1v) is 5.70. The SMILES string of the molecule is Oc1cccc2[nH]c3c(c12)CCc1cn[nH]c1-3. The molecule has 0 unspecified atom stereocenters. The van der Waals surface area contributed by atoms with E-state index >= 15 is 0 Å². The number of nitrogens with one attached hydrogen (secondary N) is 2. The number of benzene rings is 1. The summed E-state index contributed by atoms with van der Waals surface area (Å²) in [6.45, 7) is 0. The molecular formula is C13H11N3O. The first kappa shape index (κ1) is 8.87. The predicted molar refractivity (Wildman–Crippen MR) is 65.0 cm³/mol. The summed E-state index contributed by atoms with van der Waals surface area (Å²) in [4.78, 5) is 3.37. The summed E-state index contributed by atoms with van der Waals surface area (Å²) in [6, 6.07) is 5.58. The van der Waals surface area contributed by atoms with Gasteiger partial charge in [0, 0.05) is 10.9 Å². The Morgan fingerprint density at radius 1 is 1.18 bits per heavy atom. The van der Waals surface area contributed by atoms with Crippen molar-refractivity contribution in [2.24, 2.45) is 0 Å². The van der Waals surface area contributed by atoms with Gasteiger partial charge in [-0.05, 0) is 36.1 Å². The van der Waals surface area contributed by atoms with Crippen LogP contribution in [0.25, 0.3) is 22.3 Å². The molecule has 0 aliphatic heterocycles. The molecule has 4 nitrogen and oxygen atoms in total. The molecule has 3 N–H and O–H groups in total. The Bertz CT molecular complexity index is 723. The van der Waals surface area contributed by atoms with E-state index in [9.17, 15) is 5.11 Å². The van der Waals surface area contributed by atoms with Crippen molar-refractivity contribution >= 4 is 10.9 Å². The van der Waals surface area contributed by atoms with Crippen LogP contribution >= 0.6 is 0 Å². The van der Waals surface area contributed by atoms with E-state index in [0.717, 1.165) is 35.1 Å². The molecule has 1 aliphatic rings. The average Bonchev–Trinajstić information content (AvgIpc) is 2.91. The van der Waals surface area contributed by atoms with E-state index in [4.69, 9.17) is 0 Å². The van der Waals surface area contributed by atoms with Crippen LogP contribution in [0.2, 0.25) is 0 Å². The minimum absolute atomic E-state index is 0.350. The van der Waals surface area contributed by atoms with E-state index in [1.54, 1.807) is 6.07 Å². The lowest BCUT2D eigenvalue weighted by Crippen LogP contribution is -2.00. The van der Waals surface area contributed by atoms with E-state index in [1.807, 2.05) is 18.3 Å². The van der Waals surface area contributed by atoms with Crippen molar-refractivity contribution < 1.29 is 5.11 Å². The highest BCUT2D eigenvalue weighted by Gasteiger charge is 2.23. The van der Waals surface area contributed by atoms with Gasteiger partial charge in [-0.1, -0.05) is 6.07 Å². The molecule has 84 valence electrons. The maximum absolute atomic E-state index is 9.97. The Morgan fingerprint density at radius 3 is 3.06 bits per heavy atom. The highest BCUT2D eigenvalue weighted by Crippen LogP contribution is 2.39. The van der Waals surface area contributed by atoms with Crippen LogP contribution in [0.4, 0.5) is 0 Å². The number of aromatic hydroxyl groups is 1. The minimum atomic E-state index is 0.350. The van der Waals surface area contributed by atoms with Crippen molar-refractivity contribution in [2.75, 3.05) is 0 Å². The maximum atomic E-state index is 9.97. The van der Waals surface area contributed by atoms with Gasteiger partial charge in [-0.2, -0.15) is 5.10 Å². The number of hydrogen-bond donors (Lipinski definition) is 3. The smallest absolute Gasteiger partial charge is 0.125 e. The van der Waals surface area contributed by atoms with Crippen molar-refractivity contribution in [3.05, 3.63) is 35.5 Å². The first-order chi connectivity index (χ1) is 8.34. The normalized spacial score (nSPS) is 13.6. The molecule has 0 atom stereocenters. The van der Waals surface area contributed by atoms with Crippen LogP contribution < -0.4 is 0 Å². The van der Waals surface area contributed by atoms with Crippen LogP contribution in [0.3, 0.4) is 0 Å². The van der Waals surface area contributed by atoms with Crippen LogP contribution in [0.15, 0.2) is 24.4 Å². The van der Waals surface area contributed by atoms with Crippen LogP contribution in [0.5, 0.6) is 5.75 Å². The summed E-state index contributed by atoms with van der Waals surface area (Å²) in [5.74, 6) is 0.350. The molecule has 0 amide bonds. The molecule has 1 aromatic carbocycles. The van der Waals surface area contributed by atoms with E-state index in [0.29, 0.717) is 5.75 Å². The summed E-state index contributed by atoms with van der Waals surface area (Å²) in [5.41, 5.74) is 5.54. The summed E-state index contributed by atoms with van der Waals surface area (Å²) >= 11 is 0. The Hall–Kier alpha value is -2.23. The lowest BCUT2D eigenvalue weighted by atomic mass is 9.94. The molecule has 0 fully saturated rings. The van der Waals surface area contributed by atoms with Gasteiger partial charge in [0.05, 0.1) is 17.6 Å². The second kappa shape index (κ2) is 2.91. The zero-order valence-electron chi connectivity index (χ0n) is 9.12. The number of fused-ring (bicyclic) bond motifs is 5. The fourth-order valence-corrected chi connectivity index (χ4v) is 2.74. The lowest BCUT2D eigenvalue weighted by Gasteiger charge is -2.11. The third-order valence-electron chi connectivity index (χ3n) is 3.52. The largest absolute Gasteiger partial charge is 0.507 e. The fraction of sp³-hybridized carbons (Fsp3) is 0.154. The van der Waals surface area contributed by atoms with Crippen LogP contribution in [0, 0.1) is 0 Å². The molecule has 2 heterocycles. The van der Waals surface area contributed by atoms with Gasteiger partial charge in [0.25, 0.3) is 0 Å². The summed E-state index contributed by atoms with van der Waals surface area (Å²) in [7, 11) is 0. The zero-order valence-corrected chi connectivity index (χ0v) is 9.12. The third kappa shape index (κ3) is 1.04. The van der Waals surface area contributed by atoms with E-state index in [1.165, 1.54) is 11.1 Å². The quantitative estimate of drug-likeness (QED) is 0.550. The van der Waals surface area contributed by atoms with Crippen LogP contribution in [-0.4, -0.2) is 20.3 Å². The Kier molecular flexibility index (Phi) is 1.52. The lowest BCUT2D eigenvalue weighted by molar-refractivity contribution is 0.481. The molecule has 4 rings (SSSR count). The number of aryl methyl sites for hydroxylation is 2. The summed E-state index contributed by atoms with van der Waals surface area (Å²) in [5, 5.41) is 18.0. The van der Waals surface area contributed by atoms with Gasteiger partial charge < -0.3 is 10.1 Å². The monoisotopic (exact) mass is 225 g/mol. The number of rotatable bonds is 0. The molecule has 0 spiro atoms. The van der Waals surface area contributed by atoms with E-state index in [-0.39, 0.29) is 0 Å². The van der Waals surface area contributed by atoms with Crippen LogP contribution in [0.1, 0.15) is 11.1 Å². The summed E-state index contributed by atoms with van der Waals surface area (Å²) in [6.07, 6.45) is 3.79. The van der Waals surface area contributed by atoms with E-state index in [2.05, 4.69) is 15.2 Å². The van der Waals surface area contributed by atoms with Crippen molar-refractivity contribution in [1.29, 1.82) is 0 Å². The number of phenols is 1. The van der Waals surface area contributed by atoms with Crippen molar-refractivity contribution in [1.82, 2.24) is 15.2 Å². The van der Waals surface area contributed by atoms with Crippen molar-refractivity contribution in [3.63, 3.8) is 0 Å². The molecule has 2 aromatic heterocycles. The zero-order chi connectivity index (χ0) is 11.4. The molecule has 0 saturated heterocycles. The highest BCUT2D eigenvalue weighted by atomic mass is 16.3. The number of H-pyrrole nitrogens is 2.